The standard InChI is InChI=1S/C57H83N19O13S/c58-37(17-7-21-65-55(59)60)47(81)71-38(18-8-22-66-56(61)62)51(85)74-24-10-20-43(74)53(87)76-30-35(78)27-44(76)50(84)68-29-45(79)70-40(28-36-16-11-25-90-36)48(82)73-42(32-77)49(83)72-41(26-33-12-3-1-4-13-33)52(86)75(34-14-5-2-6-15-34)31-46(80)69-39(54(88)89)19-9-23-67-57(63)64/h1-6,11-16,25,35,37-44,77-78H,7-10,17-24,26-32,58H2,(H,68,84)(H,69,80)(H,70,79)(H,71,81)(H,72,83)(H,73,82)(H,88,89)(H4,59,60,65)(H4,61,62,66)(H4,63,64,67)/t35-,37+,38+,39+,40+,41-,42+,43+,44+/m1/s1. The van der Waals surface area contributed by atoms with Crippen LogP contribution in [0.15, 0.2) is 93.2 Å². The second-order valence-electron chi connectivity index (χ2n) is 21.4. The van der Waals surface area contributed by atoms with Crippen molar-refractivity contribution >= 4 is 94.0 Å². The number of nitrogens with two attached hydrogens (primary N) is 7. The Labute approximate surface area is 523 Å². The maximum Gasteiger partial charge on any atom is 0.326 e. The van der Waals surface area contributed by atoms with E-state index >= 15 is 0 Å². The Morgan fingerprint density at radius 1 is 0.633 bits per heavy atom. The number of aliphatic hydroxyl groups excluding tert-OH is 2. The van der Waals surface area contributed by atoms with Crippen LogP contribution in [0, 0.1) is 0 Å². The minimum atomic E-state index is -1.74. The fourth-order valence-corrected chi connectivity index (χ4v) is 10.8. The van der Waals surface area contributed by atoms with Crippen LogP contribution in [-0.2, 0) is 60.8 Å². The number of hydrogen-bond acceptors (Lipinski definition) is 17. The van der Waals surface area contributed by atoms with Crippen molar-refractivity contribution in [2.24, 2.45) is 55.1 Å². The fraction of sp³-hybridized carbons (Fsp3) is 0.491. The number of benzene rings is 2. The Morgan fingerprint density at radius 3 is 1.79 bits per heavy atom. The molecule has 0 saturated carbocycles. The number of para-hydroxylation sites is 1. The van der Waals surface area contributed by atoms with Crippen LogP contribution in [0.2, 0.25) is 0 Å². The van der Waals surface area contributed by atoms with Crippen LogP contribution in [0.1, 0.15) is 68.2 Å². The van der Waals surface area contributed by atoms with Gasteiger partial charge in [0, 0.05) is 62.6 Å². The Kier molecular flexibility index (Phi) is 28.6. The summed E-state index contributed by atoms with van der Waals surface area (Å²) in [5, 5.41) is 48.3. The number of nitrogens with zero attached hydrogens (tertiary/aromatic N) is 6. The predicted molar refractivity (Wildman–Crippen MR) is 333 cm³/mol. The molecule has 0 spiro atoms. The van der Waals surface area contributed by atoms with Crippen molar-refractivity contribution in [2.75, 3.05) is 57.3 Å². The van der Waals surface area contributed by atoms with Gasteiger partial charge in [0.1, 0.15) is 48.8 Å². The summed E-state index contributed by atoms with van der Waals surface area (Å²) in [5.41, 5.74) is 39.4. The van der Waals surface area contributed by atoms with Gasteiger partial charge in [0.15, 0.2) is 17.9 Å². The Balaban J connectivity index is 1.27. The lowest BCUT2D eigenvalue weighted by Gasteiger charge is -2.33. The number of aliphatic hydroxyl groups is 2. The topological polar surface area (TPSA) is 533 Å². The number of aliphatic carboxylic acids is 1. The van der Waals surface area contributed by atoms with Gasteiger partial charge in [-0.05, 0) is 80.5 Å². The Bertz CT molecular complexity index is 3000. The number of carboxylic acids is 1. The zero-order valence-corrected chi connectivity index (χ0v) is 50.5. The van der Waals surface area contributed by atoms with Crippen molar-refractivity contribution in [1.82, 2.24) is 41.7 Å². The van der Waals surface area contributed by atoms with Gasteiger partial charge in [0.05, 0.1) is 25.3 Å². The van der Waals surface area contributed by atoms with Crippen LogP contribution >= 0.6 is 11.3 Å². The van der Waals surface area contributed by atoms with E-state index in [9.17, 15) is 63.3 Å². The SMILES string of the molecule is NC(N)=NCCC[C@H](NC(=O)CN(C(=O)[C@@H](Cc1ccccc1)NC(=O)[C@H](CO)NC(=O)[C@H](Cc1cccs1)NC(=O)CNC(=O)[C@@H]1C[C@@H](O)CN1C(=O)[C@@H]1CCCN1C(=O)[C@H](CCCN=C(N)N)NC(=O)[C@@H](N)CCCN=C(N)N)c1ccccc1)C(=O)O. The third-order valence-corrected chi connectivity index (χ3v) is 15.4. The summed E-state index contributed by atoms with van der Waals surface area (Å²) in [7, 11) is 0. The molecule has 0 bridgehead atoms. The van der Waals surface area contributed by atoms with Gasteiger partial charge < -0.3 is 102 Å². The molecule has 0 radical (unpaired) electrons. The molecule has 3 heterocycles. The first-order valence-corrected chi connectivity index (χ1v) is 30.1. The Hall–Kier alpha value is -9.47. The highest BCUT2D eigenvalue weighted by molar-refractivity contribution is 7.09. The molecule has 2 fully saturated rings. The molecule has 2 saturated heterocycles. The first-order chi connectivity index (χ1) is 42.9. The van der Waals surface area contributed by atoms with Crippen molar-refractivity contribution in [3.63, 3.8) is 0 Å². The van der Waals surface area contributed by atoms with Crippen LogP contribution in [0.25, 0.3) is 0 Å². The number of β-amino-alcohol motifs (C(OH)–C–C–N with tert-alkyl or cyclic N) is 1. The molecule has 2 aliphatic rings. The Morgan fingerprint density at radius 2 is 1.20 bits per heavy atom. The molecule has 33 heteroatoms. The molecule has 90 heavy (non-hydrogen) atoms. The molecular weight excluding hydrogens is 1190 g/mol. The van der Waals surface area contributed by atoms with E-state index in [1.54, 1.807) is 66.0 Å². The summed E-state index contributed by atoms with van der Waals surface area (Å²) in [6.45, 7) is -2.19. The van der Waals surface area contributed by atoms with Crippen molar-refractivity contribution < 1.29 is 63.3 Å². The molecule has 1 aromatic heterocycles. The third-order valence-electron chi connectivity index (χ3n) is 14.5. The van der Waals surface area contributed by atoms with Gasteiger partial charge in [-0.2, -0.15) is 0 Å². The lowest BCUT2D eigenvalue weighted by Crippen LogP contribution is -2.60. The minimum Gasteiger partial charge on any atom is -0.480 e. The van der Waals surface area contributed by atoms with Gasteiger partial charge in [-0.3, -0.25) is 58.1 Å². The van der Waals surface area contributed by atoms with E-state index in [1.165, 1.54) is 28.4 Å². The smallest absolute Gasteiger partial charge is 0.326 e. The molecule has 2 aliphatic heterocycles. The largest absolute Gasteiger partial charge is 0.480 e. The molecule has 9 amide bonds. The van der Waals surface area contributed by atoms with Crippen LogP contribution in [-0.4, -0.2) is 209 Å². The molecule has 5 rings (SSSR count). The maximum atomic E-state index is 14.7. The first kappa shape index (κ1) is 71.3. The number of thiophene rings is 1. The number of hydrogen-bond donors (Lipinski definition) is 16. The van der Waals surface area contributed by atoms with Crippen LogP contribution in [0.3, 0.4) is 0 Å². The zero-order chi connectivity index (χ0) is 65.9. The van der Waals surface area contributed by atoms with Crippen LogP contribution in [0.4, 0.5) is 5.69 Å². The van der Waals surface area contributed by atoms with E-state index in [0.717, 1.165) is 9.80 Å². The number of rotatable bonds is 35. The molecule has 9 atom stereocenters. The van der Waals surface area contributed by atoms with Crippen molar-refractivity contribution in [1.29, 1.82) is 0 Å². The van der Waals surface area contributed by atoms with E-state index in [2.05, 4.69) is 46.9 Å². The van der Waals surface area contributed by atoms with E-state index in [1.807, 2.05) is 0 Å². The summed E-state index contributed by atoms with van der Waals surface area (Å²) in [6, 6.07) is 9.12. The number of carbonyl (C=O) groups is 10. The predicted octanol–water partition coefficient (Wildman–Crippen LogP) is -5.38. The number of amides is 9. The summed E-state index contributed by atoms with van der Waals surface area (Å²) in [6.07, 6.45) is -0.136. The van der Waals surface area contributed by atoms with Gasteiger partial charge in [-0.25, -0.2) is 4.79 Å². The summed E-state index contributed by atoms with van der Waals surface area (Å²) < 4.78 is 0. The average Bonchev–Trinajstić information content (AvgIpc) is 1.62. The average molecular weight is 1270 g/mol. The number of nitrogens with one attached hydrogen (secondary N) is 6. The molecular formula is C57H83N19O13S. The molecule has 3 aromatic rings. The first-order valence-electron chi connectivity index (χ1n) is 29.2. The second kappa shape index (κ2) is 36.1. The van der Waals surface area contributed by atoms with Gasteiger partial charge in [-0.15, -0.1) is 11.3 Å². The lowest BCUT2D eigenvalue weighted by atomic mass is 10.0. The summed E-state index contributed by atoms with van der Waals surface area (Å²) in [5.74, 6) is -9.16. The van der Waals surface area contributed by atoms with E-state index < -0.39 is 133 Å². The number of carbonyl (C=O) groups excluding carboxylic acids is 9. The molecule has 32 nitrogen and oxygen atoms in total. The molecule has 23 N–H and O–H groups in total. The monoisotopic (exact) mass is 1270 g/mol. The van der Waals surface area contributed by atoms with Gasteiger partial charge in [0.2, 0.25) is 53.2 Å². The van der Waals surface area contributed by atoms with Gasteiger partial charge >= 0.3 is 5.97 Å². The highest BCUT2D eigenvalue weighted by Gasteiger charge is 2.46. The van der Waals surface area contributed by atoms with Crippen molar-refractivity contribution in [3.8, 4) is 0 Å². The van der Waals surface area contributed by atoms with Gasteiger partial charge in [-0.1, -0.05) is 54.6 Å². The molecule has 2 aromatic carbocycles. The fourth-order valence-electron chi connectivity index (χ4n) is 10.1. The highest BCUT2D eigenvalue weighted by Crippen LogP contribution is 2.27. The van der Waals surface area contributed by atoms with Crippen molar-refractivity contribution in [2.45, 2.75) is 125 Å². The van der Waals surface area contributed by atoms with Crippen LogP contribution in [0.5, 0.6) is 0 Å². The highest BCUT2D eigenvalue weighted by atomic mass is 32.1. The van der Waals surface area contributed by atoms with E-state index in [-0.39, 0.29) is 114 Å². The maximum absolute atomic E-state index is 14.7. The van der Waals surface area contributed by atoms with E-state index in [0.29, 0.717) is 23.3 Å². The van der Waals surface area contributed by atoms with Crippen molar-refractivity contribution in [3.05, 3.63) is 88.6 Å². The zero-order valence-electron chi connectivity index (χ0n) is 49.7. The second-order valence-corrected chi connectivity index (χ2v) is 22.5. The third kappa shape index (κ3) is 22.9. The molecule has 0 aliphatic carbocycles. The number of guanidine groups is 3. The summed E-state index contributed by atoms with van der Waals surface area (Å²) in [4.78, 5) is 154. The summed E-state index contributed by atoms with van der Waals surface area (Å²) >= 11 is 1.24. The number of carboxylic acid groups (broad SMARTS) is 1. The minimum absolute atomic E-state index is 0.0588. The van der Waals surface area contributed by atoms with E-state index in [4.69, 9.17) is 40.1 Å². The number of likely N-dealkylation sites (tertiary alicyclic amines) is 2. The van der Waals surface area contributed by atoms with Crippen LogP contribution < -0.4 is 76.9 Å². The normalized spacial score (nSPS) is 17.1. The molecule has 490 valence electrons. The van der Waals surface area contributed by atoms with Gasteiger partial charge in [0.25, 0.3) is 0 Å². The lowest BCUT2D eigenvalue weighted by molar-refractivity contribution is -0.148. The number of anilines is 1. The quantitative estimate of drug-likeness (QED) is 0.0148. The molecule has 0 unspecified atom stereocenters. The number of aliphatic imine (C=N–C) groups is 3.